The molecule has 2 aromatic carbocycles. The summed E-state index contributed by atoms with van der Waals surface area (Å²) in [5.41, 5.74) is 0.350. The number of rotatable bonds is 7. The van der Waals surface area contributed by atoms with Gasteiger partial charge in [0.05, 0.1) is 11.1 Å². The van der Waals surface area contributed by atoms with Gasteiger partial charge < -0.3 is 15.1 Å². The van der Waals surface area contributed by atoms with Crippen LogP contribution in [0.25, 0.3) is 10.9 Å². The van der Waals surface area contributed by atoms with Crippen LogP contribution in [-0.2, 0) is 10.0 Å². The van der Waals surface area contributed by atoms with Crippen LogP contribution in [0, 0.1) is 0 Å². The van der Waals surface area contributed by atoms with E-state index in [4.69, 9.17) is 5.11 Å². The van der Waals surface area contributed by atoms with E-state index in [-0.39, 0.29) is 17.4 Å². The third-order valence-corrected chi connectivity index (χ3v) is 7.46. The Hall–Kier alpha value is -3.01. The molecule has 33 heavy (non-hydrogen) atoms. The third kappa shape index (κ3) is 5.16. The van der Waals surface area contributed by atoms with Gasteiger partial charge in [-0.2, -0.15) is 0 Å². The Morgan fingerprint density at radius 1 is 1.06 bits per heavy atom. The molecule has 1 aromatic heterocycles. The maximum absolute atomic E-state index is 13.0. The molecule has 9 heteroatoms. The lowest BCUT2D eigenvalue weighted by atomic mass is 9.87. The highest BCUT2D eigenvalue weighted by Gasteiger charge is 2.33. The summed E-state index contributed by atoms with van der Waals surface area (Å²) in [6.45, 7) is 0.907. The summed E-state index contributed by atoms with van der Waals surface area (Å²) in [5.74, 6) is -0.160. The molecule has 3 N–H and O–H groups in total. The number of para-hydroxylation sites is 1. The summed E-state index contributed by atoms with van der Waals surface area (Å²) in [6, 6.07) is 14.8. The Balaban J connectivity index is 1.44. The molecule has 0 spiro atoms. The normalized spacial score (nSPS) is 16.0. The average molecular weight is 470 g/mol. The molecular formula is C24H27N3O5S. The number of aliphatic hydroxyl groups is 2. The lowest BCUT2D eigenvalue weighted by Crippen LogP contribution is -2.46. The molecule has 1 aliphatic rings. The monoisotopic (exact) mass is 469 g/mol. The highest BCUT2D eigenvalue weighted by atomic mass is 32.2. The molecule has 0 aliphatic carbocycles. The number of aromatic nitrogens is 1. The molecule has 0 atom stereocenters. The second-order valence-electron chi connectivity index (χ2n) is 8.36. The minimum absolute atomic E-state index is 0.0397. The van der Waals surface area contributed by atoms with Gasteiger partial charge in [-0.25, -0.2) is 8.42 Å². The van der Waals surface area contributed by atoms with Crippen molar-refractivity contribution in [3.8, 4) is 0 Å². The van der Waals surface area contributed by atoms with Crippen LogP contribution in [0.3, 0.4) is 0 Å². The number of fused-ring (bicyclic) bond motifs is 1. The first-order chi connectivity index (χ1) is 15.8. The van der Waals surface area contributed by atoms with Crippen molar-refractivity contribution in [2.45, 2.75) is 36.2 Å². The number of carbonyl (C=O) groups is 1. The number of anilines is 1. The van der Waals surface area contributed by atoms with Crippen LogP contribution < -0.4 is 4.72 Å². The van der Waals surface area contributed by atoms with E-state index in [2.05, 4.69) is 9.71 Å². The highest BCUT2D eigenvalue weighted by Crippen LogP contribution is 2.28. The zero-order chi connectivity index (χ0) is 23.5. The number of sulfonamides is 1. The summed E-state index contributed by atoms with van der Waals surface area (Å²) in [4.78, 5) is 18.8. The summed E-state index contributed by atoms with van der Waals surface area (Å²) >= 11 is 0. The SMILES string of the molecule is O=C(c1ccc(NS(=O)(=O)c2cccc3cccnc23)cc1)N1CCC(O)(CCCO)CC1. The Bertz CT molecular complexity index is 1230. The molecule has 2 heterocycles. The van der Waals surface area contributed by atoms with Crippen LogP contribution >= 0.6 is 0 Å². The van der Waals surface area contributed by atoms with Crippen LogP contribution in [0.2, 0.25) is 0 Å². The first kappa shape index (κ1) is 23.2. The van der Waals surface area contributed by atoms with Crippen molar-refractivity contribution < 1.29 is 23.4 Å². The molecule has 1 saturated heterocycles. The number of aliphatic hydroxyl groups excluding tert-OH is 1. The lowest BCUT2D eigenvalue weighted by molar-refractivity contribution is -0.0266. The van der Waals surface area contributed by atoms with Crippen LogP contribution in [0.4, 0.5) is 5.69 Å². The van der Waals surface area contributed by atoms with Gasteiger partial charge in [-0.3, -0.25) is 14.5 Å². The molecule has 3 aromatic rings. The zero-order valence-electron chi connectivity index (χ0n) is 18.1. The number of carbonyl (C=O) groups excluding carboxylic acids is 1. The van der Waals surface area contributed by atoms with Gasteiger partial charge in [-0.1, -0.05) is 18.2 Å². The van der Waals surface area contributed by atoms with E-state index in [0.717, 1.165) is 5.39 Å². The first-order valence-corrected chi connectivity index (χ1v) is 12.4. The van der Waals surface area contributed by atoms with E-state index < -0.39 is 15.6 Å². The Morgan fingerprint density at radius 3 is 2.45 bits per heavy atom. The van der Waals surface area contributed by atoms with E-state index in [1.807, 2.05) is 0 Å². The number of pyridine rings is 1. The molecule has 1 aliphatic heterocycles. The smallest absolute Gasteiger partial charge is 0.264 e. The van der Waals surface area contributed by atoms with Crippen molar-refractivity contribution in [1.29, 1.82) is 0 Å². The topological polar surface area (TPSA) is 120 Å². The number of nitrogens with one attached hydrogen (secondary N) is 1. The van der Waals surface area contributed by atoms with Crippen molar-refractivity contribution in [2.75, 3.05) is 24.4 Å². The lowest BCUT2D eigenvalue weighted by Gasteiger charge is -2.38. The van der Waals surface area contributed by atoms with Crippen LogP contribution in [0.15, 0.2) is 65.7 Å². The predicted octanol–water partition coefficient (Wildman–Crippen LogP) is 2.78. The maximum Gasteiger partial charge on any atom is 0.264 e. The van der Waals surface area contributed by atoms with Gasteiger partial charge in [0.15, 0.2) is 0 Å². The molecule has 1 amide bonds. The minimum atomic E-state index is -3.87. The van der Waals surface area contributed by atoms with Crippen molar-refractivity contribution >= 4 is 32.5 Å². The van der Waals surface area contributed by atoms with E-state index >= 15 is 0 Å². The Labute approximate surface area is 192 Å². The second-order valence-corrected chi connectivity index (χ2v) is 10.0. The van der Waals surface area contributed by atoms with E-state index in [1.165, 1.54) is 6.07 Å². The van der Waals surface area contributed by atoms with Crippen molar-refractivity contribution in [2.24, 2.45) is 0 Å². The molecule has 0 unspecified atom stereocenters. The van der Waals surface area contributed by atoms with Gasteiger partial charge in [0.25, 0.3) is 15.9 Å². The molecule has 0 radical (unpaired) electrons. The van der Waals surface area contributed by atoms with Crippen molar-refractivity contribution in [3.05, 3.63) is 66.4 Å². The van der Waals surface area contributed by atoms with Crippen molar-refractivity contribution in [3.63, 3.8) is 0 Å². The first-order valence-electron chi connectivity index (χ1n) is 10.9. The maximum atomic E-state index is 13.0. The molecule has 0 bridgehead atoms. The number of hydrogen-bond donors (Lipinski definition) is 3. The van der Waals surface area contributed by atoms with E-state index in [0.29, 0.717) is 55.5 Å². The summed E-state index contributed by atoms with van der Waals surface area (Å²) < 4.78 is 28.5. The minimum Gasteiger partial charge on any atom is -0.396 e. The summed E-state index contributed by atoms with van der Waals surface area (Å²) in [6.07, 6.45) is 3.55. The Kier molecular flexibility index (Phi) is 6.64. The summed E-state index contributed by atoms with van der Waals surface area (Å²) in [5, 5.41) is 20.3. The standard InChI is InChI=1S/C24H27N3O5S/c28-17-3-11-24(30)12-15-27(16-13-24)23(29)19-7-9-20(10-8-19)26-33(31,32)21-6-1-4-18-5-2-14-25-22(18)21/h1-2,4-10,14,26,28,30H,3,11-13,15-17H2. The average Bonchev–Trinajstić information content (AvgIpc) is 2.83. The number of hydrogen-bond acceptors (Lipinski definition) is 6. The van der Waals surface area contributed by atoms with Crippen LogP contribution in [-0.4, -0.2) is 59.7 Å². The quantitative estimate of drug-likeness (QED) is 0.489. The van der Waals surface area contributed by atoms with E-state index in [1.54, 1.807) is 59.6 Å². The number of likely N-dealkylation sites (tertiary alicyclic amines) is 1. The van der Waals surface area contributed by atoms with Gasteiger partial charge in [-0.05, 0) is 62.1 Å². The molecular weight excluding hydrogens is 442 g/mol. The number of piperidine rings is 1. The van der Waals surface area contributed by atoms with Crippen LogP contribution in [0.1, 0.15) is 36.0 Å². The fourth-order valence-electron chi connectivity index (χ4n) is 4.15. The second kappa shape index (κ2) is 9.46. The number of nitrogens with zero attached hydrogens (tertiary/aromatic N) is 2. The van der Waals surface area contributed by atoms with Crippen molar-refractivity contribution in [1.82, 2.24) is 9.88 Å². The third-order valence-electron chi connectivity index (χ3n) is 6.05. The van der Waals surface area contributed by atoms with Crippen LogP contribution in [0.5, 0.6) is 0 Å². The number of amides is 1. The van der Waals surface area contributed by atoms with Gasteiger partial charge in [0, 0.05) is 42.5 Å². The molecule has 8 nitrogen and oxygen atoms in total. The van der Waals surface area contributed by atoms with Gasteiger partial charge in [0.2, 0.25) is 0 Å². The molecule has 4 rings (SSSR count). The van der Waals surface area contributed by atoms with E-state index in [9.17, 15) is 18.3 Å². The molecule has 0 saturated carbocycles. The predicted molar refractivity (Wildman–Crippen MR) is 125 cm³/mol. The highest BCUT2D eigenvalue weighted by molar-refractivity contribution is 7.93. The van der Waals surface area contributed by atoms with Gasteiger partial charge in [-0.15, -0.1) is 0 Å². The molecule has 174 valence electrons. The fourth-order valence-corrected chi connectivity index (χ4v) is 5.39. The largest absolute Gasteiger partial charge is 0.396 e. The summed E-state index contributed by atoms with van der Waals surface area (Å²) in [7, 11) is -3.87. The molecule has 1 fully saturated rings. The van der Waals surface area contributed by atoms with Gasteiger partial charge >= 0.3 is 0 Å². The van der Waals surface area contributed by atoms with Gasteiger partial charge in [0.1, 0.15) is 4.90 Å². The zero-order valence-corrected chi connectivity index (χ0v) is 19.0. The Morgan fingerprint density at radius 2 is 1.76 bits per heavy atom. The number of benzene rings is 2. The fraction of sp³-hybridized carbons (Fsp3) is 0.333.